The molecule has 0 bridgehead atoms. The second-order valence-electron chi connectivity index (χ2n) is 11.3. The van der Waals surface area contributed by atoms with Gasteiger partial charge in [-0.2, -0.15) is 0 Å². The number of rotatable bonds is 11. The summed E-state index contributed by atoms with van der Waals surface area (Å²) >= 11 is 0. The Kier molecular flexibility index (Phi) is 11.5. The summed E-state index contributed by atoms with van der Waals surface area (Å²) < 4.78 is 10.2. The molecule has 0 fully saturated rings. The Hall–Kier alpha value is -5.14. The van der Waals surface area contributed by atoms with Crippen molar-refractivity contribution in [3.8, 4) is 23.0 Å². The van der Waals surface area contributed by atoms with Gasteiger partial charge in [-0.3, -0.25) is 14.4 Å². The van der Waals surface area contributed by atoms with Crippen LogP contribution in [0.5, 0.6) is 0 Å². The monoisotopic (exact) mass is 625 g/mol. The second kappa shape index (κ2) is 15.7. The Morgan fingerprint density at radius 2 is 1.54 bits per heavy atom. The average molecular weight is 626 g/mol. The summed E-state index contributed by atoms with van der Waals surface area (Å²) in [4.78, 5) is 50.4. The number of esters is 1. The van der Waals surface area contributed by atoms with E-state index in [0.717, 1.165) is 22.3 Å². The lowest BCUT2D eigenvalue weighted by Gasteiger charge is -2.24. The van der Waals surface area contributed by atoms with E-state index in [1.165, 1.54) is 14.0 Å². The number of methoxy groups -OCH3 is 1. The van der Waals surface area contributed by atoms with Crippen LogP contribution < -0.4 is 16.0 Å². The molecule has 0 spiro atoms. The molecule has 240 valence electrons. The summed E-state index contributed by atoms with van der Waals surface area (Å²) in [5.41, 5.74) is 5.86. The first-order valence-electron chi connectivity index (χ1n) is 15.1. The molecule has 4 rings (SSSR count). The predicted molar refractivity (Wildman–Crippen MR) is 174 cm³/mol. The minimum Gasteiger partial charge on any atom is -0.469 e. The molecule has 0 saturated carbocycles. The first kappa shape index (κ1) is 33.7. The van der Waals surface area contributed by atoms with E-state index in [-0.39, 0.29) is 43.9 Å². The topological polar surface area (TPSA) is 143 Å². The molecule has 10 heteroatoms. The van der Waals surface area contributed by atoms with Crippen molar-refractivity contribution < 1.29 is 33.8 Å². The number of anilines is 1. The molecule has 0 aliphatic heterocycles. The van der Waals surface area contributed by atoms with Gasteiger partial charge >= 0.3 is 12.1 Å². The van der Waals surface area contributed by atoms with E-state index in [2.05, 4.69) is 44.7 Å². The van der Waals surface area contributed by atoms with Crippen molar-refractivity contribution in [2.45, 2.75) is 58.2 Å². The summed E-state index contributed by atoms with van der Waals surface area (Å²) in [6.45, 7) is 4.96. The van der Waals surface area contributed by atoms with Gasteiger partial charge in [0.05, 0.1) is 20.1 Å². The van der Waals surface area contributed by atoms with Crippen molar-refractivity contribution in [2.75, 3.05) is 19.0 Å². The van der Waals surface area contributed by atoms with Gasteiger partial charge in [-0.15, -0.1) is 0 Å². The van der Waals surface area contributed by atoms with E-state index in [1.807, 2.05) is 36.4 Å². The number of aliphatic hydroxyl groups is 1. The van der Waals surface area contributed by atoms with Crippen LogP contribution in [0.4, 0.5) is 10.5 Å². The van der Waals surface area contributed by atoms with Crippen LogP contribution in [0, 0.1) is 17.8 Å². The number of hydrogen-bond donors (Lipinski definition) is 4. The van der Waals surface area contributed by atoms with Crippen molar-refractivity contribution in [3.63, 3.8) is 0 Å². The number of carbonyl (C=O) groups is 4. The van der Waals surface area contributed by atoms with E-state index in [1.54, 1.807) is 32.0 Å². The SMILES string of the molecule is COC(=O)CCC#Cc1cc(NC(=O)C(C)NC(=O)C(NC(=O)OCC2c3ccccc3-c3ccccc32)C(C)C)ccc1CO. The van der Waals surface area contributed by atoms with Crippen LogP contribution in [0.3, 0.4) is 0 Å². The highest BCUT2D eigenvalue weighted by molar-refractivity contribution is 5.98. The highest BCUT2D eigenvalue weighted by atomic mass is 16.5. The molecule has 0 saturated heterocycles. The van der Waals surface area contributed by atoms with Gasteiger partial charge in [0.2, 0.25) is 11.8 Å². The number of fused-ring (bicyclic) bond motifs is 3. The molecule has 1 aliphatic carbocycles. The molecule has 10 nitrogen and oxygen atoms in total. The average Bonchev–Trinajstić information content (AvgIpc) is 3.37. The number of alkyl carbamates (subject to hydrolysis) is 1. The molecule has 2 atom stereocenters. The molecule has 3 aromatic rings. The fourth-order valence-corrected chi connectivity index (χ4v) is 5.25. The van der Waals surface area contributed by atoms with E-state index in [9.17, 15) is 24.3 Å². The summed E-state index contributed by atoms with van der Waals surface area (Å²) in [6.07, 6.45) is -0.311. The molecule has 0 radical (unpaired) electrons. The normalized spacial score (nSPS) is 12.9. The fraction of sp³-hybridized carbons (Fsp3) is 0.333. The van der Waals surface area contributed by atoms with Gasteiger partial charge in [-0.05, 0) is 52.8 Å². The van der Waals surface area contributed by atoms with Gasteiger partial charge in [0.1, 0.15) is 18.7 Å². The Morgan fingerprint density at radius 3 is 2.15 bits per heavy atom. The second-order valence-corrected chi connectivity index (χ2v) is 11.3. The highest BCUT2D eigenvalue weighted by Crippen LogP contribution is 2.44. The van der Waals surface area contributed by atoms with Crippen molar-refractivity contribution in [1.82, 2.24) is 10.6 Å². The Balaban J connectivity index is 1.33. The van der Waals surface area contributed by atoms with E-state index < -0.39 is 30.0 Å². The fourth-order valence-electron chi connectivity index (χ4n) is 5.25. The summed E-state index contributed by atoms with van der Waals surface area (Å²) in [6, 6.07) is 19.0. The van der Waals surface area contributed by atoms with Crippen molar-refractivity contribution >= 4 is 29.6 Å². The summed E-state index contributed by atoms with van der Waals surface area (Å²) in [7, 11) is 1.30. The maximum Gasteiger partial charge on any atom is 0.407 e. The maximum absolute atomic E-state index is 13.2. The Morgan fingerprint density at radius 1 is 0.891 bits per heavy atom. The molecule has 0 aromatic heterocycles. The van der Waals surface area contributed by atoms with Gasteiger partial charge in [0, 0.05) is 23.6 Å². The van der Waals surface area contributed by atoms with Crippen LogP contribution in [0.2, 0.25) is 0 Å². The molecule has 1 aliphatic rings. The minimum absolute atomic E-state index is 0.109. The van der Waals surface area contributed by atoms with Gasteiger partial charge in [0.15, 0.2) is 0 Å². The number of hydrogen-bond acceptors (Lipinski definition) is 7. The van der Waals surface area contributed by atoms with Crippen LogP contribution in [0.1, 0.15) is 61.8 Å². The lowest BCUT2D eigenvalue weighted by Crippen LogP contribution is -2.53. The molecule has 4 N–H and O–H groups in total. The first-order chi connectivity index (χ1) is 22.1. The van der Waals surface area contributed by atoms with Gasteiger partial charge in [-0.1, -0.05) is 80.3 Å². The quantitative estimate of drug-likeness (QED) is 0.182. The van der Waals surface area contributed by atoms with E-state index >= 15 is 0 Å². The lowest BCUT2D eigenvalue weighted by molar-refractivity contribution is -0.140. The number of nitrogens with one attached hydrogen (secondary N) is 3. The van der Waals surface area contributed by atoms with Crippen LogP contribution in [0.25, 0.3) is 11.1 Å². The van der Waals surface area contributed by atoms with Crippen molar-refractivity contribution in [3.05, 3.63) is 89.0 Å². The minimum atomic E-state index is -0.943. The molecule has 3 amide bonds. The third-order valence-corrected chi connectivity index (χ3v) is 7.77. The van der Waals surface area contributed by atoms with E-state index in [0.29, 0.717) is 16.8 Å². The van der Waals surface area contributed by atoms with Crippen LogP contribution in [-0.4, -0.2) is 54.8 Å². The summed E-state index contributed by atoms with van der Waals surface area (Å²) in [5.74, 6) is 3.98. The molecule has 2 unspecified atom stereocenters. The maximum atomic E-state index is 13.2. The standard InChI is InChI=1S/C36H39N3O7/c1-22(2)33(39-36(44)46-21-31-29-14-8-6-12-27(29)28-13-7-9-15-30(28)31)35(43)37-23(3)34(42)38-26-18-17-25(20-40)24(19-26)11-5-10-16-32(41)45-4/h6-9,12-15,17-19,22-23,31,33,40H,10,16,20-21H2,1-4H3,(H,37,43)(H,38,42)(H,39,44). The summed E-state index contributed by atoms with van der Waals surface area (Å²) in [5, 5.41) is 17.8. The molecular formula is C36H39N3O7. The molecule has 0 heterocycles. The van der Waals surface area contributed by atoms with Crippen molar-refractivity contribution in [2.24, 2.45) is 5.92 Å². The number of ether oxygens (including phenoxy) is 2. The van der Waals surface area contributed by atoms with Crippen molar-refractivity contribution in [1.29, 1.82) is 0 Å². The molecule has 46 heavy (non-hydrogen) atoms. The largest absolute Gasteiger partial charge is 0.469 e. The van der Waals surface area contributed by atoms with Crippen LogP contribution in [-0.2, 0) is 30.5 Å². The predicted octanol–water partition coefficient (Wildman–Crippen LogP) is 4.49. The first-order valence-corrected chi connectivity index (χ1v) is 15.1. The third kappa shape index (κ3) is 8.31. The Labute approximate surface area is 268 Å². The highest BCUT2D eigenvalue weighted by Gasteiger charge is 2.31. The van der Waals surface area contributed by atoms with Gasteiger partial charge in [-0.25, -0.2) is 4.79 Å². The van der Waals surface area contributed by atoms with Gasteiger partial charge in [0.25, 0.3) is 0 Å². The molecule has 3 aromatic carbocycles. The van der Waals surface area contributed by atoms with Crippen LogP contribution in [0.15, 0.2) is 66.7 Å². The number of amides is 3. The number of aliphatic hydroxyl groups excluding tert-OH is 1. The zero-order valence-electron chi connectivity index (χ0n) is 26.4. The zero-order valence-corrected chi connectivity index (χ0v) is 26.4. The Bertz CT molecular complexity index is 1610. The number of benzene rings is 3. The van der Waals surface area contributed by atoms with E-state index in [4.69, 9.17) is 4.74 Å². The zero-order chi connectivity index (χ0) is 33.2. The lowest BCUT2D eigenvalue weighted by atomic mass is 9.98. The smallest absolute Gasteiger partial charge is 0.407 e. The third-order valence-electron chi connectivity index (χ3n) is 7.77. The van der Waals surface area contributed by atoms with Gasteiger partial charge < -0.3 is 30.5 Å². The van der Waals surface area contributed by atoms with Crippen LogP contribution >= 0.6 is 0 Å². The molecular weight excluding hydrogens is 586 g/mol. The number of carbonyl (C=O) groups excluding carboxylic acids is 4.